The van der Waals surface area contributed by atoms with Crippen molar-refractivity contribution in [1.29, 1.82) is 0 Å². The standard InChI is InChI=1S/C14H16N2O2/c1-14(2,3)18-13(17)11-5-4-6-12(9-11)16-8-7-15-10-16/h4-10H,1-3H3. The van der Waals surface area contributed by atoms with Crippen LogP contribution in [0.15, 0.2) is 43.0 Å². The molecule has 2 rings (SSSR count). The van der Waals surface area contributed by atoms with Gasteiger partial charge in [0.25, 0.3) is 0 Å². The lowest BCUT2D eigenvalue weighted by atomic mass is 10.1. The van der Waals surface area contributed by atoms with Crippen molar-refractivity contribution >= 4 is 5.97 Å². The summed E-state index contributed by atoms with van der Waals surface area (Å²) in [4.78, 5) is 15.9. The number of imidazole rings is 1. The molecule has 0 aliphatic carbocycles. The molecule has 0 N–H and O–H groups in total. The zero-order chi connectivity index (χ0) is 13.2. The summed E-state index contributed by atoms with van der Waals surface area (Å²) in [5, 5.41) is 0. The summed E-state index contributed by atoms with van der Waals surface area (Å²) in [7, 11) is 0. The number of hydrogen-bond acceptors (Lipinski definition) is 3. The van der Waals surface area contributed by atoms with E-state index < -0.39 is 5.60 Å². The molecular weight excluding hydrogens is 228 g/mol. The fourth-order valence-electron chi connectivity index (χ4n) is 1.54. The smallest absolute Gasteiger partial charge is 0.338 e. The molecule has 0 fully saturated rings. The Morgan fingerprint density at radius 1 is 1.33 bits per heavy atom. The second kappa shape index (κ2) is 4.64. The van der Waals surface area contributed by atoms with Gasteiger partial charge in [0, 0.05) is 18.1 Å². The van der Waals surface area contributed by atoms with E-state index >= 15 is 0 Å². The third-order valence-corrected chi connectivity index (χ3v) is 2.28. The third kappa shape index (κ3) is 2.97. The van der Waals surface area contributed by atoms with Gasteiger partial charge in [0.1, 0.15) is 5.60 Å². The number of aromatic nitrogens is 2. The van der Waals surface area contributed by atoms with Crippen molar-refractivity contribution < 1.29 is 9.53 Å². The maximum Gasteiger partial charge on any atom is 0.338 e. The number of rotatable bonds is 2. The average molecular weight is 244 g/mol. The molecule has 1 aromatic heterocycles. The average Bonchev–Trinajstić information content (AvgIpc) is 2.80. The van der Waals surface area contributed by atoms with Crippen molar-refractivity contribution in [3.63, 3.8) is 0 Å². The molecule has 4 heteroatoms. The second-order valence-corrected chi connectivity index (χ2v) is 5.02. The Bertz CT molecular complexity index is 539. The van der Waals surface area contributed by atoms with Crippen molar-refractivity contribution in [1.82, 2.24) is 9.55 Å². The van der Waals surface area contributed by atoms with Crippen LogP contribution in [0.25, 0.3) is 5.69 Å². The van der Waals surface area contributed by atoms with Gasteiger partial charge in [0.15, 0.2) is 0 Å². The highest BCUT2D eigenvalue weighted by molar-refractivity contribution is 5.90. The number of nitrogens with zero attached hydrogens (tertiary/aromatic N) is 2. The van der Waals surface area contributed by atoms with Crippen LogP contribution in [0.2, 0.25) is 0 Å². The molecule has 1 heterocycles. The largest absolute Gasteiger partial charge is 0.456 e. The van der Waals surface area contributed by atoms with Gasteiger partial charge in [-0.2, -0.15) is 0 Å². The number of esters is 1. The predicted molar refractivity (Wildman–Crippen MR) is 68.7 cm³/mol. The SMILES string of the molecule is CC(C)(C)OC(=O)c1cccc(-n2ccnc2)c1. The molecule has 0 aliphatic heterocycles. The Balaban J connectivity index is 2.25. The van der Waals surface area contributed by atoms with Gasteiger partial charge in [0.2, 0.25) is 0 Å². The van der Waals surface area contributed by atoms with Gasteiger partial charge in [-0.05, 0) is 39.0 Å². The van der Waals surface area contributed by atoms with E-state index in [9.17, 15) is 4.79 Å². The maximum atomic E-state index is 11.9. The van der Waals surface area contributed by atoms with E-state index in [0.29, 0.717) is 5.56 Å². The number of benzene rings is 1. The number of hydrogen-bond donors (Lipinski definition) is 0. The van der Waals surface area contributed by atoms with Gasteiger partial charge in [0.05, 0.1) is 11.9 Å². The van der Waals surface area contributed by atoms with Crippen LogP contribution in [0.1, 0.15) is 31.1 Å². The molecule has 18 heavy (non-hydrogen) atoms. The Hall–Kier alpha value is -2.10. The van der Waals surface area contributed by atoms with E-state index in [1.165, 1.54) is 0 Å². The highest BCUT2D eigenvalue weighted by Crippen LogP contribution is 2.15. The van der Waals surface area contributed by atoms with Crippen LogP contribution in [0.5, 0.6) is 0 Å². The lowest BCUT2D eigenvalue weighted by Crippen LogP contribution is -2.23. The highest BCUT2D eigenvalue weighted by atomic mass is 16.6. The minimum absolute atomic E-state index is 0.315. The summed E-state index contributed by atoms with van der Waals surface area (Å²) >= 11 is 0. The third-order valence-electron chi connectivity index (χ3n) is 2.28. The molecule has 0 amide bonds. The van der Waals surface area contributed by atoms with Gasteiger partial charge in [-0.15, -0.1) is 0 Å². The first kappa shape index (κ1) is 12.4. The molecule has 1 aromatic carbocycles. The van der Waals surface area contributed by atoms with Gasteiger partial charge in [-0.3, -0.25) is 0 Å². The summed E-state index contributed by atoms with van der Waals surface area (Å²) in [6.45, 7) is 5.56. The number of ether oxygens (including phenoxy) is 1. The summed E-state index contributed by atoms with van der Waals surface area (Å²) in [6, 6.07) is 7.27. The maximum absolute atomic E-state index is 11.9. The van der Waals surface area contributed by atoms with Crippen molar-refractivity contribution in [2.24, 2.45) is 0 Å². The lowest BCUT2D eigenvalue weighted by Gasteiger charge is -2.19. The zero-order valence-electron chi connectivity index (χ0n) is 10.8. The first-order valence-electron chi connectivity index (χ1n) is 5.77. The molecule has 0 aliphatic rings. The van der Waals surface area contributed by atoms with Gasteiger partial charge < -0.3 is 9.30 Å². The fourth-order valence-corrected chi connectivity index (χ4v) is 1.54. The second-order valence-electron chi connectivity index (χ2n) is 5.02. The molecule has 0 saturated heterocycles. The highest BCUT2D eigenvalue weighted by Gasteiger charge is 2.17. The Morgan fingerprint density at radius 2 is 2.11 bits per heavy atom. The number of carbonyl (C=O) groups is 1. The predicted octanol–water partition coefficient (Wildman–Crippen LogP) is 2.83. The monoisotopic (exact) mass is 244 g/mol. The minimum Gasteiger partial charge on any atom is -0.456 e. The molecule has 0 bridgehead atoms. The summed E-state index contributed by atoms with van der Waals surface area (Å²) in [5.41, 5.74) is 0.939. The Morgan fingerprint density at radius 3 is 2.72 bits per heavy atom. The summed E-state index contributed by atoms with van der Waals surface area (Å²) < 4.78 is 7.17. The minimum atomic E-state index is -0.484. The molecule has 2 aromatic rings. The fraction of sp³-hybridized carbons (Fsp3) is 0.286. The van der Waals surface area contributed by atoms with Crippen LogP contribution in [0.4, 0.5) is 0 Å². The van der Waals surface area contributed by atoms with Crippen LogP contribution >= 0.6 is 0 Å². The van der Waals surface area contributed by atoms with E-state index in [0.717, 1.165) is 5.69 Å². The molecule has 0 atom stereocenters. The first-order valence-corrected chi connectivity index (χ1v) is 5.77. The normalized spacial score (nSPS) is 11.3. The van der Waals surface area contributed by atoms with E-state index in [4.69, 9.17) is 4.74 Å². The molecule has 0 unspecified atom stereocenters. The van der Waals surface area contributed by atoms with Crippen LogP contribution in [-0.2, 0) is 4.74 Å². The van der Waals surface area contributed by atoms with Gasteiger partial charge >= 0.3 is 5.97 Å². The molecule has 0 saturated carbocycles. The zero-order valence-corrected chi connectivity index (χ0v) is 10.8. The Kier molecular flexibility index (Phi) is 3.19. The van der Waals surface area contributed by atoms with Crippen LogP contribution in [0.3, 0.4) is 0 Å². The Labute approximate surface area is 106 Å². The van der Waals surface area contributed by atoms with E-state index in [1.54, 1.807) is 24.7 Å². The van der Waals surface area contributed by atoms with Crippen LogP contribution in [-0.4, -0.2) is 21.1 Å². The lowest BCUT2D eigenvalue weighted by molar-refractivity contribution is 0.00695. The van der Waals surface area contributed by atoms with Crippen LogP contribution in [0, 0.1) is 0 Å². The number of carbonyl (C=O) groups excluding carboxylic acids is 1. The van der Waals surface area contributed by atoms with Crippen molar-refractivity contribution in [2.45, 2.75) is 26.4 Å². The quantitative estimate of drug-likeness (QED) is 0.763. The van der Waals surface area contributed by atoms with Gasteiger partial charge in [-0.25, -0.2) is 9.78 Å². The molecular formula is C14H16N2O2. The van der Waals surface area contributed by atoms with E-state index in [2.05, 4.69) is 4.98 Å². The summed E-state index contributed by atoms with van der Waals surface area (Å²) in [6.07, 6.45) is 5.21. The van der Waals surface area contributed by atoms with Crippen molar-refractivity contribution in [2.75, 3.05) is 0 Å². The molecule has 94 valence electrons. The van der Waals surface area contributed by atoms with E-state index in [-0.39, 0.29) is 5.97 Å². The van der Waals surface area contributed by atoms with Crippen LogP contribution < -0.4 is 0 Å². The topological polar surface area (TPSA) is 44.1 Å². The van der Waals surface area contributed by atoms with Gasteiger partial charge in [-0.1, -0.05) is 6.07 Å². The first-order chi connectivity index (χ1) is 8.46. The van der Waals surface area contributed by atoms with E-state index in [1.807, 2.05) is 43.7 Å². The van der Waals surface area contributed by atoms with Crippen molar-refractivity contribution in [3.8, 4) is 5.69 Å². The molecule has 0 radical (unpaired) electrons. The van der Waals surface area contributed by atoms with Crippen molar-refractivity contribution in [3.05, 3.63) is 48.5 Å². The molecule has 4 nitrogen and oxygen atoms in total. The summed E-state index contributed by atoms with van der Waals surface area (Å²) in [5.74, 6) is -0.315. The molecule has 0 spiro atoms.